The van der Waals surface area contributed by atoms with E-state index in [-0.39, 0.29) is 35.8 Å². The molecule has 4 heterocycles. The Balaban J connectivity index is 1.03. The molecule has 3 aromatic carbocycles. The van der Waals surface area contributed by atoms with Crippen LogP contribution in [0.25, 0.3) is 33.6 Å². The summed E-state index contributed by atoms with van der Waals surface area (Å²) in [6.07, 6.45) is 7.29. The Morgan fingerprint density at radius 1 is 0.833 bits per heavy atom. The number of rotatable bonds is 13. The van der Waals surface area contributed by atoms with Gasteiger partial charge in [-0.25, -0.2) is 14.4 Å². The van der Waals surface area contributed by atoms with Crippen molar-refractivity contribution in [3.8, 4) is 33.6 Å². The molecule has 12 heteroatoms. The number of amides is 3. The van der Waals surface area contributed by atoms with Gasteiger partial charge in [0.05, 0.1) is 41.9 Å². The van der Waals surface area contributed by atoms with Crippen LogP contribution in [-0.2, 0) is 14.4 Å². The Bertz CT molecular complexity index is 2080. The molecule has 5 aromatic rings. The summed E-state index contributed by atoms with van der Waals surface area (Å²) in [5.41, 5.74) is 5.04. The van der Waals surface area contributed by atoms with Crippen LogP contribution < -0.4 is 5.32 Å². The summed E-state index contributed by atoms with van der Waals surface area (Å²) < 4.78 is 15.7. The molecule has 0 radical (unpaired) electrons. The zero-order chi connectivity index (χ0) is 37.8. The lowest BCUT2D eigenvalue weighted by molar-refractivity contribution is -0.137. The molecule has 4 atom stereocenters. The zero-order valence-corrected chi connectivity index (χ0v) is 31.0. The molecule has 2 aliphatic rings. The first-order valence-corrected chi connectivity index (χ1v) is 18.9. The Kier molecular flexibility index (Phi) is 11.0. The van der Waals surface area contributed by atoms with Gasteiger partial charge in [-0.15, -0.1) is 0 Å². The Labute approximate surface area is 315 Å². The summed E-state index contributed by atoms with van der Waals surface area (Å²) in [5, 5.41) is 2.69. The third kappa shape index (κ3) is 7.30. The summed E-state index contributed by atoms with van der Waals surface area (Å²) in [4.78, 5) is 60.3. The van der Waals surface area contributed by atoms with E-state index in [1.165, 1.54) is 6.07 Å². The number of carbonyl (C=O) groups excluding carboxylic acids is 3. The molecule has 0 spiro atoms. The molecule has 0 saturated carbocycles. The topological polar surface area (TPSA) is 130 Å². The van der Waals surface area contributed by atoms with Crippen molar-refractivity contribution in [3.63, 3.8) is 0 Å². The first kappa shape index (κ1) is 36.7. The molecule has 0 aliphatic carbocycles. The normalized spacial score (nSPS) is 18.2. The van der Waals surface area contributed by atoms with Crippen molar-refractivity contribution in [1.82, 2.24) is 40.0 Å². The van der Waals surface area contributed by atoms with Crippen molar-refractivity contribution in [3.05, 3.63) is 108 Å². The van der Waals surface area contributed by atoms with E-state index in [1.54, 1.807) is 23.4 Å². The second kappa shape index (κ2) is 16.2. The highest BCUT2D eigenvalue weighted by atomic mass is 19.1. The molecule has 54 heavy (non-hydrogen) atoms. The number of hydrogen-bond acceptors (Lipinski definition) is 6. The molecule has 2 aromatic heterocycles. The van der Waals surface area contributed by atoms with Gasteiger partial charge in [0, 0.05) is 18.7 Å². The SMILES string of the molecule is CCN(CC)[C@H](C)C(=O)N1CCC[C@H]1c1ncc(-c2ccc(-c3ccc(-c4cnc([C@@H]5CCCN5C(=O)[C@H](NC=O)c5ccccc5)[nH]4)cc3)cc2F)[nH]1. The molecule has 2 fully saturated rings. The van der Waals surface area contributed by atoms with Gasteiger partial charge in [-0.3, -0.25) is 19.3 Å². The fourth-order valence-corrected chi connectivity index (χ4v) is 8.04. The third-order valence-electron chi connectivity index (χ3n) is 11.0. The van der Waals surface area contributed by atoms with Crippen molar-refractivity contribution in [2.75, 3.05) is 26.2 Å². The Morgan fingerprint density at radius 2 is 1.41 bits per heavy atom. The summed E-state index contributed by atoms with van der Waals surface area (Å²) in [6.45, 7) is 8.97. The Hall–Kier alpha value is -5.62. The van der Waals surface area contributed by atoms with Crippen LogP contribution in [0, 0.1) is 5.82 Å². The molecule has 7 rings (SSSR count). The number of H-pyrrole nitrogens is 2. The summed E-state index contributed by atoms with van der Waals surface area (Å²) in [6, 6.07) is 20.9. The number of imidazole rings is 2. The van der Waals surface area contributed by atoms with Gasteiger partial charge in [0.1, 0.15) is 23.5 Å². The fraction of sp³-hybridized carbons (Fsp3) is 0.357. The number of nitrogens with zero attached hydrogens (tertiary/aromatic N) is 5. The average Bonchev–Trinajstić information content (AvgIpc) is 4.04. The van der Waals surface area contributed by atoms with E-state index in [2.05, 4.69) is 44.0 Å². The molecular weight excluding hydrogens is 684 g/mol. The molecule has 280 valence electrons. The predicted octanol–water partition coefficient (Wildman–Crippen LogP) is 6.82. The number of aromatic nitrogens is 4. The lowest BCUT2D eigenvalue weighted by Gasteiger charge is -2.31. The molecule has 11 nitrogen and oxygen atoms in total. The van der Waals surface area contributed by atoms with E-state index in [1.807, 2.05) is 72.5 Å². The standard InChI is InChI=1S/C42H47FN8O3/c1-4-49(5-2)27(3)41(53)50-21-9-13-36(50)40-45-25-35(48-40)32-20-19-31(23-33(32)43)28-15-17-29(18-16-28)34-24-44-39(47-34)37-14-10-22-51(37)42(54)38(46-26-52)30-11-7-6-8-12-30/h6-8,11-12,15-20,23-27,36-38H,4-5,9-10,13-14,21-22H2,1-3H3,(H,44,47)(H,45,48)(H,46,52)/t27-,36+,37+,38-/m1/s1. The highest BCUT2D eigenvalue weighted by Gasteiger charge is 2.37. The van der Waals surface area contributed by atoms with Gasteiger partial charge in [-0.05, 0) is 80.1 Å². The highest BCUT2D eigenvalue weighted by molar-refractivity contribution is 5.86. The van der Waals surface area contributed by atoms with Crippen molar-refractivity contribution in [2.24, 2.45) is 0 Å². The molecule has 2 saturated heterocycles. The number of carbonyl (C=O) groups is 3. The van der Waals surface area contributed by atoms with E-state index in [0.29, 0.717) is 42.4 Å². The van der Waals surface area contributed by atoms with Crippen molar-refractivity contribution >= 4 is 18.2 Å². The summed E-state index contributed by atoms with van der Waals surface area (Å²) in [7, 11) is 0. The van der Waals surface area contributed by atoms with E-state index in [9.17, 15) is 14.4 Å². The molecular formula is C42H47FN8O3. The number of aromatic amines is 2. The van der Waals surface area contributed by atoms with Crippen LogP contribution in [0.4, 0.5) is 4.39 Å². The van der Waals surface area contributed by atoms with Crippen LogP contribution in [0.3, 0.4) is 0 Å². The average molecular weight is 731 g/mol. The van der Waals surface area contributed by atoms with Gasteiger partial charge in [0.15, 0.2) is 0 Å². The second-order valence-corrected chi connectivity index (χ2v) is 14.0. The van der Waals surface area contributed by atoms with Crippen LogP contribution in [-0.4, -0.2) is 85.1 Å². The maximum atomic E-state index is 15.7. The highest BCUT2D eigenvalue weighted by Crippen LogP contribution is 2.36. The number of nitrogens with one attached hydrogen (secondary N) is 3. The van der Waals surface area contributed by atoms with Crippen LogP contribution in [0.5, 0.6) is 0 Å². The predicted molar refractivity (Wildman–Crippen MR) is 205 cm³/mol. The summed E-state index contributed by atoms with van der Waals surface area (Å²) in [5.74, 6) is 0.939. The fourth-order valence-electron chi connectivity index (χ4n) is 8.04. The molecule has 0 unspecified atom stereocenters. The van der Waals surface area contributed by atoms with Gasteiger partial charge in [-0.1, -0.05) is 74.5 Å². The van der Waals surface area contributed by atoms with Gasteiger partial charge >= 0.3 is 0 Å². The van der Waals surface area contributed by atoms with Crippen LogP contribution >= 0.6 is 0 Å². The van der Waals surface area contributed by atoms with Crippen LogP contribution in [0.15, 0.2) is 85.2 Å². The van der Waals surface area contributed by atoms with Crippen LogP contribution in [0.2, 0.25) is 0 Å². The lowest BCUT2D eigenvalue weighted by atomic mass is 10.0. The quantitative estimate of drug-likeness (QED) is 0.114. The van der Waals surface area contributed by atoms with Crippen molar-refractivity contribution < 1.29 is 18.8 Å². The number of benzene rings is 3. The maximum Gasteiger partial charge on any atom is 0.250 e. The van der Waals surface area contributed by atoms with Gasteiger partial charge in [0.2, 0.25) is 18.2 Å². The van der Waals surface area contributed by atoms with Gasteiger partial charge in [-0.2, -0.15) is 0 Å². The van der Waals surface area contributed by atoms with E-state index >= 15 is 4.39 Å². The first-order valence-electron chi connectivity index (χ1n) is 18.9. The molecule has 0 bridgehead atoms. The lowest BCUT2D eigenvalue weighted by Crippen LogP contribution is -2.46. The Morgan fingerprint density at radius 3 is 2.02 bits per heavy atom. The van der Waals surface area contributed by atoms with Gasteiger partial charge in [0.25, 0.3) is 0 Å². The van der Waals surface area contributed by atoms with Gasteiger partial charge < -0.3 is 25.1 Å². The largest absolute Gasteiger partial charge is 0.343 e. The number of hydrogen-bond donors (Lipinski definition) is 3. The molecule has 3 N–H and O–H groups in total. The summed E-state index contributed by atoms with van der Waals surface area (Å²) >= 11 is 0. The molecule has 3 amide bonds. The second-order valence-electron chi connectivity index (χ2n) is 14.0. The van der Waals surface area contributed by atoms with Crippen LogP contribution in [0.1, 0.15) is 81.8 Å². The third-order valence-corrected chi connectivity index (χ3v) is 11.0. The monoisotopic (exact) mass is 730 g/mol. The smallest absolute Gasteiger partial charge is 0.250 e. The van der Waals surface area contributed by atoms with Crippen molar-refractivity contribution in [1.29, 1.82) is 0 Å². The van der Waals surface area contributed by atoms with E-state index < -0.39 is 6.04 Å². The number of likely N-dealkylation sites (tertiary alicyclic amines) is 2. The maximum absolute atomic E-state index is 15.7. The number of likely N-dealkylation sites (N-methyl/N-ethyl adjacent to an activating group) is 1. The van der Waals surface area contributed by atoms with E-state index in [0.717, 1.165) is 66.7 Å². The number of halogens is 1. The minimum Gasteiger partial charge on any atom is -0.343 e. The van der Waals surface area contributed by atoms with E-state index in [4.69, 9.17) is 0 Å². The zero-order valence-electron chi connectivity index (χ0n) is 31.0. The minimum atomic E-state index is -0.770. The molecule has 2 aliphatic heterocycles. The minimum absolute atomic E-state index is 0.100. The first-order chi connectivity index (χ1) is 26.3. The van der Waals surface area contributed by atoms with Crippen molar-refractivity contribution in [2.45, 2.75) is 70.6 Å².